The highest BCUT2D eigenvalue weighted by molar-refractivity contribution is 5.39. The standard InChI is InChI=1S/C18H18O/c1-2-9-17(19)18(13-7-4-8-14-18)15-12-16-10-5-3-6-11-16/h2-8,10-11,13,17,19H,1,9,14H2. The summed E-state index contributed by atoms with van der Waals surface area (Å²) in [6, 6.07) is 9.85. The fourth-order valence-corrected chi connectivity index (χ4v) is 2.14. The maximum absolute atomic E-state index is 10.3. The van der Waals surface area contributed by atoms with E-state index in [1.165, 1.54) is 0 Å². The van der Waals surface area contributed by atoms with Crippen molar-refractivity contribution in [1.82, 2.24) is 0 Å². The molecule has 0 saturated heterocycles. The van der Waals surface area contributed by atoms with E-state index < -0.39 is 11.5 Å². The van der Waals surface area contributed by atoms with Crippen LogP contribution in [-0.2, 0) is 0 Å². The Morgan fingerprint density at radius 1 is 1.32 bits per heavy atom. The Bertz CT molecular complexity index is 542. The molecule has 0 saturated carbocycles. The van der Waals surface area contributed by atoms with Gasteiger partial charge in [-0.3, -0.25) is 0 Å². The van der Waals surface area contributed by atoms with E-state index in [4.69, 9.17) is 0 Å². The van der Waals surface area contributed by atoms with E-state index in [0.717, 1.165) is 12.0 Å². The van der Waals surface area contributed by atoms with Crippen LogP contribution in [0.15, 0.2) is 67.3 Å². The minimum atomic E-state index is -0.526. The van der Waals surface area contributed by atoms with Gasteiger partial charge in [0.1, 0.15) is 0 Å². The number of rotatable bonds is 3. The average molecular weight is 250 g/mol. The average Bonchev–Trinajstić information content (AvgIpc) is 2.47. The molecule has 1 nitrogen and oxygen atoms in total. The van der Waals surface area contributed by atoms with E-state index in [-0.39, 0.29) is 0 Å². The first-order valence-corrected chi connectivity index (χ1v) is 6.48. The van der Waals surface area contributed by atoms with Gasteiger partial charge < -0.3 is 5.11 Å². The van der Waals surface area contributed by atoms with Crippen LogP contribution in [0.2, 0.25) is 0 Å². The van der Waals surface area contributed by atoms with E-state index in [0.29, 0.717) is 6.42 Å². The fourth-order valence-electron chi connectivity index (χ4n) is 2.14. The first-order chi connectivity index (χ1) is 9.27. The maximum Gasteiger partial charge on any atom is 0.0796 e. The summed E-state index contributed by atoms with van der Waals surface area (Å²) >= 11 is 0. The predicted molar refractivity (Wildman–Crippen MR) is 79.5 cm³/mol. The molecule has 0 heterocycles. The molecule has 2 unspecified atom stereocenters. The molecular formula is C18H18O. The van der Waals surface area contributed by atoms with E-state index >= 15 is 0 Å². The summed E-state index contributed by atoms with van der Waals surface area (Å²) in [4.78, 5) is 0. The summed E-state index contributed by atoms with van der Waals surface area (Å²) < 4.78 is 0. The lowest BCUT2D eigenvalue weighted by molar-refractivity contribution is 0.0977. The summed E-state index contributed by atoms with van der Waals surface area (Å²) in [5.74, 6) is 6.42. The largest absolute Gasteiger partial charge is 0.391 e. The first kappa shape index (κ1) is 13.4. The SMILES string of the molecule is C=CCC(O)C1(C#Cc2ccccc2)C=CC=CC1. The van der Waals surface area contributed by atoms with Crippen LogP contribution in [-0.4, -0.2) is 11.2 Å². The van der Waals surface area contributed by atoms with Gasteiger partial charge in [0.05, 0.1) is 11.5 Å². The van der Waals surface area contributed by atoms with Gasteiger partial charge in [-0.15, -0.1) is 6.58 Å². The quantitative estimate of drug-likeness (QED) is 0.643. The van der Waals surface area contributed by atoms with Crippen molar-refractivity contribution in [3.8, 4) is 11.8 Å². The molecule has 1 aliphatic rings. The lowest BCUT2D eigenvalue weighted by atomic mass is 9.76. The van der Waals surface area contributed by atoms with Crippen LogP contribution < -0.4 is 0 Å². The smallest absolute Gasteiger partial charge is 0.0796 e. The Morgan fingerprint density at radius 3 is 2.74 bits per heavy atom. The van der Waals surface area contributed by atoms with E-state index in [2.05, 4.69) is 18.4 Å². The van der Waals surface area contributed by atoms with Crippen LogP contribution in [0, 0.1) is 17.3 Å². The molecule has 0 amide bonds. The summed E-state index contributed by atoms with van der Waals surface area (Å²) in [5.41, 5.74) is 0.467. The molecule has 2 atom stereocenters. The number of benzene rings is 1. The van der Waals surface area contributed by atoms with Crippen LogP contribution in [0.5, 0.6) is 0 Å². The van der Waals surface area contributed by atoms with Gasteiger partial charge in [0, 0.05) is 5.56 Å². The topological polar surface area (TPSA) is 20.2 Å². The molecule has 1 heteroatoms. The fraction of sp³-hybridized carbons (Fsp3) is 0.222. The van der Waals surface area contributed by atoms with Gasteiger partial charge in [0.25, 0.3) is 0 Å². The molecule has 0 aromatic heterocycles. The van der Waals surface area contributed by atoms with Crippen LogP contribution in [0.3, 0.4) is 0 Å². The lowest BCUT2D eigenvalue weighted by Gasteiger charge is -2.30. The summed E-state index contributed by atoms with van der Waals surface area (Å²) in [5, 5.41) is 10.3. The molecule has 0 bridgehead atoms. The van der Waals surface area contributed by atoms with E-state index in [1.54, 1.807) is 6.08 Å². The van der Waals surface area contributed by atoms with Crippen LogP contribution in [0.1, 0.15) is 18.4 Å². The van der Waals surface area contributed by atoms with Crippen LogP contribution >= 0.6 is 0 Å². The zero-order chi connectivity index (χ0) is 13.6. The number of aliphatic hydroxyl groups excluding tert-OH is 1. The highest BCUT2D eigenvalue weighted by Gasteiger charge is 2.32. The molecule has 2 rings (SSSR count). The minimum Gasteiger partial charge on any atom is -0.391 e. The van der Waals surface area contributed by atoms with Crippen LogP contribution in [0.25, 0.3) is 0 Å². The molecule has 1 aliphatic carbocycles. The van der Waals surface area contributed by atoms with Gasteiger partial charge in [-0.1, -0.05) is 60.4 Å². The second-order valence-electron chi connectivity index (χ2n) is 4.69. The Labute approximate surface area is 115 Å². The van der Waals surface area contributed by atoms with Gasteiger partial charge in [0.15, 0.2) is 0 Å². The first-order valence-electron chi connectivity index (χ1n) is 6.48. The van der Waals surface area contributed by atoms with Crippen molar-refractivity contribution in [1.29, 1.82) is 0 Å². The Morgan fingerprint density at radius 2 is 2.11 bits per heavy atom. The molecule has 96 valence electrons. The highest BCUT2D eigenvalue weighted by atomic mass is 16.3. The van der Waals surface area contributed by atoms with Crippen molar-refractivity contribution in [3.05, 3.63) is 72.9 Å². The molecule has 0 fully saturated rings. The monoisotopic (exact) mass is 250 g/mol. The Kier molecular flexibility index (Phi) is 4.39. The van der Waals surface area contributed by atoms with Gasteiger partial charge in [-0.05, 0) is 25.0 Å². The summed E-state index contributed by atoms with van der Waals surface area (Å²) in [6.07, 6.45) is 10.5. The number of hydrogen-bond acceptors (Lipinski definition) is 1. The summed E-state index contributed by atoms with van der Waals surface area (Å²) in [6.45, 7) is 3.69. The lowest BCUT2D eigenvalue weighted by Crippen LogP contribution is -2.32. The van der Waals surface area contributed by atoms with Gasteiger partial charge in [-0.25, -0.2) is 0 Å². The number of aliphatic hydroxyl groups is 1. The molecule has 1 aromatic rings. The second-order valence-corrected chi connectivity index (χ2v) is 4.69. The zero-order valence-electron chi connectivity index (χ0n) is 10.9. The Hall–Kier alpha value is -2.04. The van der Waals surface area contributed by atoms with Crippen molar-refractivity contribution < 1.29 is 5.11 Å². The molecule has 1 aromatic carbocycles. The zero-order valence-corrected chi connectivity index (χ0v) is 10.9. The van der Waals surface area contributed by atoms with Crippen molar-refractivity contribution in [3.63, 3.8) is 0 Å². The number of hydrogen-bond donors (Lipinski definition) is 1. The molecule has 19 heavy (non-hydrogen) atoms. The summed E-state index contributed by atoms with van der Waals surface area (Å²) in [7, 11) is 0. The van der Waals surface area contributed by atoms with Gasteiger partial charge in [0.2, 0.25) is 0 Å². The third-order valence-electron chi connectivity index (χ3n) is 3.29. The van der Waals surface area contributed by atoms with Crippen molar-refractivity contribution in [2.75, 3.05) is 0 Å². The predicted octanol–water partition coefficient (Wildman–Crippen LogP) is 3.48. The molecule has 0 aliphatic heterocycles. The van der Waals surface area contributed by atoms with Crippen molar-refractivity contribution in [2.45, 2.75) is 18.9 Å². The van der Waals surface area contributed by atoms with E-state index in [9.17, 15) is 5.11 Å². The molecule has 0 spiro atoms. The van der Waals surface area contributed by atoms with Crippen molar-refractivity contribution in [2.24, 2.45) is 5.41 Å². The third kappa shape index (κ3) is 3.24. The third-order valence-corrected chi connectivity index (χ3v) is 3.29. The van der Waals surface area contributed by atoms with Crippen LogP contribution in [0.4, 0.5) is 0 Å². The minimum absolute atomic E-state index is 0.501. The normalized spacial score (nSPS) is 22.4. The molecule has 0 radical (unpaired) electrons. The second kappa shape index (κ2) is 6.22. The van der Waals surface area contributed by atoms with E-state index in [1.807, 2.05) is 54.6 Å². The van der Waals surface area contributed by atoms with Crippen molar-refractivity contribution >= 4 is 0 Å². The highest BCUT2D eigenvalue weighted by Crippen LogP contribution is 2.33. The molecular weight excluding hydrogens is 232 g/mol. The number of allylic oxidation sites excluding steroid dienone is 3. The van der Waals surface area contributed by atoms with Gasteiger partial charge in [-0.2, -0.15) is 0 Å². The Balaban J connectivity index is 2.30. The molecule has 1 N–H and O–H groups in total. The maximum atomic E-state index is 10.3. The van der Waals surface area contributed by atoms with Gasteiger partial charge >= 0.3 is 0 Å².